The van der Waals surface area contributed by atoms with Crippen molar-refractivity contribution in [2.24, 2.45) is 17.8 Å². The van der Waals surface area contributed by atoms with Crippen LogP contribution in [0.25, 0.3) is 0 Å². The summed E-state index contributed by atoms with van der Waals surface area (Å²) >= 11 is 0. The molecule has 0 saturated carbocycles. The standard InChI is InChI=1S/C21H38O3/c1-4-5-6-7-8-9-10-11-12-13-14-15-17(2)16-19-18(3)20(22)24-21(19)23/h17-19H,4-16H2,1-3H3. The van der Waals surface area contributed by atoms with Crippen molar-refractivity contribution in [3.63, 3.8) is 0 Å². The van der Waals surface area contributed by atoms with E-state index in [2.05, 4.69) is 13.8 Å². The zero-order valence-electron chi connectivity index (χ0n) is 16.1. The Kier molecular flexibility index (Phi) is 11.0. The molecule has 0 aliphatic carbocycles. The molecule has 24 heavy (non-hydrogen) atoms. The van der Waals surface area contributed by atoms with Gasteiger partial charge in [0.25, 0.3) is 0 Å². The van der Waals surface area contributed by atoms with Crippen LogP contribution >= 0.6 is 0 Å². The second kappa shape index (κ2) is 12.5. The summed E-state index contributed by atoms with van der Waals surface area (Å²) < 4.78 is 4.72. The number of ether oxygens (including phenoxy) is 1. The molecule has 0 amide bonds. The Bertz CT molecular complexity index is 364. The van der Waals surface area contributed by atoms with E-state index < -0.39 is 0 Å². The highest BCUT2D eigenvalue weighted by Gasteiger charge is 2.41. The van der Waals surface area contributed by atoms with Crippen LogP contribution < -0.4 is 0 Å². The molecule has 0 radical (unpaired) electrons. The Morgan fingerprint density at radius 3 is 1.79 bits per heavy atom. The molecule has 3 unspecified atom stereocenters. The van der Waals surface area contributed by atoms with Gasteiger partial charge in [-0.1, -0.05) is 97.8 Å². The molecule has 140 valence electrons. The van der Waals surface area contributed by atoms with Crippen molar-refractivity contribution in [2.45, 2.75) is 104 Å². The maximum absolute atomic E-state index is 11.6. The number of cyclic esters (lactones) is 2. The summed E-state index contributed by atoms with van der Waals surface area (Å²) in [6, 6.07) is 0. The predicted octanol–water partition coefficient (Wildman–Crippen LogP) is 6.05. The molecule has 3 nitrogen and oxygen atoms in total. The largest absolute Gasteiger partial charge is 0.393 e. The summed E-state index contributed by atoms with van der Waals surface area (Å²) in [5.74, 6) is -0.614. The van der Waals surface area contributed by atoms with Crippen LogP contribution in [0, 0.1) is 17.8 Å². The summed E-state index contributed by atoms with van der Waals surface area (Å²) in [6.45, 7) is 6.27. The molecule has 1 rings (SSSR count). The quantitative estimate of drug-likeness (QED) is 0.220. The molecule has 0 aromatic rings. The van der Waals surface area contributed by atoms with Crippen molar-refractivity contribution in [3.05, 3.63) is 0 Å². The zero-order chi connectivity index (χ0) is 17.8. The molecular weight excluding hydrogens is 300 g/mol. The summed E-state index contributed by atoms with van der Waals surface area (Å²) in [5, 5.41) is 0. The van der Waals surface area contributed by atoms with Crippen LogP contribution in [0.15, 0.2) is 0 Å². The average Bonchev–Trinajstić information content (AvgIpc) is 2.79. The molecule has 0 bridgehead atoms. The average molecular weight is 339 g/mol. The minimum atomic E-state index is -0.341. The van der Waals surface area contributed by atoms with Gasteiger partial charge in [0.2, 0.25) is 0 Å². The van der Waals surface area contributed by atoms with E-state index in [1.165, 1.54) is 70.6 Å². The number of unbranched alkanes of at least 4 members (excludes halogenated alkanes) is 10. The molecule has 0 aromatic carbocycles. The van der Waals surface area contributed by atoms with E-state index in [1.54, 1.807) is 0 Å². The third-order valence-corrected chi connectivity index (χ3v) is 5.44. The minimum Gasteiger partial charge on any atom is -0.393 e. The lowest BCUT2D eigenvalue weighted by atomic mass is 9.85. The lowest BCUT2D eigenvalue weighted by molar-refractivity contribution is -0.153. The first-order valence-electron chi connectivity index (χ1n) is 10.3. The number of esters is 2. The van der Waals surface area contributed by atoms with Crippen molar-refractivity contribution in [1.29, 1.82) is 0 Å². The van der Waals surface area contributed by atoms with E-state index in [-0.39, 0.29) is 23.8 Å². The van der Waals surface area contributed by atoms with Crippen molar-refractivity contribution < 1.29 is 14.3 Å². The molecule has 1 heterocycles. The van der Waals surface area contributed by atoms with Gasteiger partial charge in [0, 0.05) is 0 Å². The Morgan fingerprint density at radius 1 is 0.833 bits per heavy atom. The highest BCUT2D eigenvalue weighted by atomic mass is 16.6. The van der Waals surface area contributed by atoms with Gasteiger partial charge < -0.3 is 4.74 Å². The number of carbonyl (C=O) groups is 2. The summed E-state index contributed by atoms with van der Waals surface area (Å²) in [7, 11) is 0. The molecule has 1 aliphatic heterocycles. The monoisotopic (exact) mass is 338 g/mol. The van der Waals surface area contributed by atoms with Crippen LogP contribution in [0.4, 0.5) is 0 Å². The molecular formula is C21H38O3. The number of hydrogen-bond acceptors (Lipinski definition) is 3. The van der Waals surface area contributed by atoms with Gasteiger partial charge in [-0.05, 0) is 12.3 Å². The first kappa shape index (κ1) is 21.2. The fourth-order valence-electron chi connectivity index (χ4n) is 3.64. The Balaban J connectivity index is 1.94. The van der Waals surface area contributed by atoms with Gasteiger partial charge in [-0.25, -0.2) is 0 Å². The third-order valence-electron chi connectivity index (χ3n) is 5.44. The summed E-state index contributed by atoms with van der Waals surface area (Å²) in [5.41, 5.74) is 0. The first-order valence-corrected chi connectivity index (χ1v) is 10.3. The third kappa shape index (κ3) is 8.30. The van der Waals surface area contributed by atoms with E-state index >= 15 is 0 Å². The van der Waals surface area contributed by atoms with E-state index in [1.807, 2.05) is 6.92 Å². The Hall–Kier alpha value is -0.860. The molecule has 0 aromatic heterocycles. The van der Waals surface area contributed by atoms with Crippen LogP contribution in [0.3, 0.4) is 0 Å². The first-order chi connectivity index (χ1) is 11.6. The Labute approximate surface area is 148 Å². The molecule has 3 heteroatoms. The molecule has 1 saturated heterocycles. The van der Waals surface area contributed by atoms with Crippen LogP contribution in [0.2, 0.25) is 0 Å². The fraction of sp³-hybridized carbons (Fsp3) is 0.905. The lowest BCUT2D eigenvalue weighted by Crippen LogP contribution is -2.17. The van der Waals surface area contributed by atoms with Gasteiger partial charge in [-0.2, -0.15) is 0 Å². The van der Waals surface area contributed by atoms with Crippen LogP contribution in [0.5, 0.6) is 0 Å². The predicted molar refractivity (Wildman–Crippen MR) is 98.6 cm³/mol. The van der Waals surface area contributed by atoms with Gasteiger partial charge in [0.1, 0.15) is 0 Å². The van der Waals surface area contributed by atoms with Crippen LogP contribution in [-0.2, 0) is 14.3 Å². The highest BCUT2D eigenvalue weighted by molar-refractivity contribution is 5.96. The molecule has 3 atom stereocenters. The van der Waals surface area contributed by atoms with Gasteiger partial charge >= 0.3 is 11.9 Å². The van der Waals surface area contributed by atoms with Crippen LogP contribution in [-0.4, -0.2) is 11.9 Å². The van der Waals surface area contributed by atoms with Crippen molar-refractivity contribution in [1.82, 2.24) is 0 Å². The van der Waals surface area contributed by atoms with E-state index in [0.717, 1.165) is 12.8 Å². The smallest absolute Gasteiger partial charge is 0.317 e. The van der Waals surface area contributed by atoms with E-state index in [4.69, 9.17) is 4.74 Å². The van der Waals surface area contributed by atoms with Crippen molar-refractivity contribution in [2.75, 3.05) is 0 Å². The number of carbonyl (C=O) groups excluding carboxylic acids is 2. The van der Waals surface area contributed by atoms with Gasteiger partial charge in [0.15, 0.2) is 0 Å². The maximum atomic E-state index is 11.6. The SMILES string of the molecule is CCCCCCCCCCCCCC(C)CC1C(=O)OC(=O)C1C. The van der Waals surface area contributed by atoms with Gasteiger partial charge in [-0.3, -0.25) is 9.59 Å². The van der Waals surface area contributed by atoms with Crippen molar-refractivity contribution >= 4 is 11.9 Å². The topological polar surface area (TPSA) is 43.4 Å². The summed E-state index contributed by atoms with van der Waals surface area (Å²) in [6.07, 6.45) is 16.9. The summed E-state index contributed by atoms with van der Waals surface area (Å²) in [4.78, 5) is 23.0. The minimum absolute atomic E-state index is 0.208. The van der Waals surface area contributed by atoms with E-state index in [9.17, 15) is 9.59 Å². The highest BCUT2D eigenvalue weighted by Crippen LogP contribution is 2.30. The lowest BCUT2D eigenvalue weighted by Gasteiger charge is -2.15. The van der Waals surface area contributed by atoms with E-state index in [0.29, 0.717) is 5.92 Å². The molecule has 0 spiro atoms. The van der Waals surface area contributed by atoms with Gasteiger partial charge in [-0.15, -0.1) is 0 Å². The number of rotatable bonds is 14. The Morgan fingerprint density at radius 2 is 1.33 bits per heavy atom. The molecule has 1 aliphatic rings. The van der Waals surface area contributed by atoms with Crippen molar-refractivity contribution in [3.8, 4) is 0 Å². The second-order valence-electron chi connectivity index (χ2n) is 7.80. The normalized spacial score (nSPS) is 22.0. The molecule has 0 N–H and O–H groups in total. The second-order valence-corrected chi connectivity index (χ2v) is 7.80. The zero-order valence-corrected chi connectivity index (χ0v) is 16.1. The van der Waals surface area contributed by atoms with Gasteiger partial charge in [0.05, 0.1) is 11.8 Å². The maximum Gasteiger partial charge on any atom is 0.317 e. The fourth-order valence-corrected chi connectivity index (χ4v) is 3.64. The molecule has 1 fully saturated rings. The number of hydrogen-bond donors (Lipinski definition) is 0. The van der Waals surface area contributed by atoms with Crippen LogP contribution in [0.1, 0.15) is 104 Å².